The van der Waals surface area contributed by atoms with Gasteiger partial charge in [0.2, 0.25) is 0 Å². The highest BCUT2D eigenvalue weighted by Crippen LogP contribution is 2.34. The number of alkyl halides is 3. The molecule has 0 saturated carbocycles. The Morgan fingerprint density at radius 3 is 2.28 bits per heavy atom. The molecule has 0 radical (unpaired) electrons. The van der Waals surface area contributed by atoms with Crippen molar-refractivity contribution in [2.45, 2.75) is 32.5 Å². The van der Waals surface area contributed by atoms with Crippen LogP contribution in [0.4, 0.5) is 18.9 Å². The molecule has 0 aliphatic heterocycles. The number of anilines is 1. The normalized spacial score (nSPS) is 12.6. The minimum atomic E-state index is -4.81. The van der Waals surface area contributed by atoms with Gasteiger partial charge in [0.05, 0.1) is 5.69 Å². The zero-order chi connectivity index (χ0) is 19.4. The summed E-state index contributed by atoms with van der Waals surface area (Å²) in [6.07, 6.45) is -4.26. The van der Waals surface area contributed by atoms with E-state index in [9.17, 15) is 22.8 Å². The average molecular weight is 360 g/mol. The van der Waals surface area contributed by atoms with Gasteiger partial charge in [0.15, 0.2) is 5.56 Å². The first-order valence-corrected chi connectivity index (χ1v) is 7.32. The predicted octanol–water partition coefficient (Wildman–Crippen LogP) is 2.84. The van der Waals surface area contributed by atoms with Crippen molar-refractivity contribution in [3.63, 3.8) is 0 Å². The number of halogens is 3. The summed E-state index contributed by atoms with van der Waals surface area (Å²) in [7, 11) is 0. The lowest BCUT2D eigenvalue weighted by molar-refractivity contribution is -0.139. The molecule has 1 atom stereocenters. The van der Waals surface area contributed by atoms with Crippen LogP contribution in [0.3, 0.4) is 0 Å². The minimum Gasteiger partial charge on any atom is -0.480 e. The van der Waals surface area contributed by atoms with Crippen LogP contribution in [0.25, 0.3) is 11.0 Å². The van der Waals surface area contributed by atoms with Gasteiger partial charge in [0, 0.05) is 5.39 Å². The zero-order valence-corrected chi connectivity index (χ0v) is 13.6. The Kier molecular flexibility index (Phi) is 6.57. The van der Waals surface area contributed by atoms with Gasteiger partial charge in [0.25, 0.3) is 0 Å². The molecule has 6 nitrogen and oxygen atoms in total. The van der Waals surface area contributed by atoms with Crippen molar-refractivity contribution in [3.8, 4) is 0 Å². The van der Waals surface area contributed by atoms with Gasteiger partial charge in [-0.15, -0.1) is 0 Å². The van der Waals surface area contributed by atoms with E-state index >= 15 is 0 Å². The number of aliphatic carboxylic acids is 1. The number of rotatable bonds is 3. The summed E-state index contributed by atoms with van der Waals surface area (Å²) in [5.41, 5.74) is 7.06. The third-order valence-electron chi connectivity index (χ3n) is 3.18. The molecule has 0 saturated heterocycles. The second-order valence-electron chi connectivity index (χ2n) is 5.75. The molecule has 5 N–H and O–H groups in total. The number of benzene rings is 1. The lowest BCUT2D eigenvalue weighted by atomic mass is 10.1. The van der Waals surface area contributed by atoms with Gasteiger partial charge in [-0.1, -0.05) is 26.0 Å². The Labute approximate surface area is 141 Å². The van der Waals surface area contributed by atoms with Gasteiger partial charge in [-0.2, -0.15) is 13.2 Å². The van der Waals surface area contributed by atoms with Gasteiger partial charge >= 0.3 is 17.8 Å². The molecule has 9 heteroatoms. The third-order valence-corrected chi connectivity index (χ3v) is 3.18. The number of hydrogen-bond acceptors (Lipinski definition) is 5. The van der Waals surface area contributed by atoms with E-state index in [1.54, 1.807) is 0 Å². The minimum absolute atomic E-state index is 0.0398. The van der Waals surface area contributed by atoms with Crippen LogP contribution in [0.1, 0.15) is 25.8 Å². The summed E-state index contributed by atoms with van der Waals surface area (Å²) < 4.78 is 42.0. The smallest absolute Gasteiger partial charge is 0.425 e. The molecule has 2 rings (SSSR count). The predicted molar refractivity (Wildman–Crippen MR) is 87.0 cm³/mol. The van der Waals surface area contributed by atoms with Crippen LogP contribution in [0.15, 0.2) is 33.5 Å². The fourth-order valence-electron chi connectivity index (χ4n) is 2.05. The standard InChI is InChI=1S/C10H6F3NO2.C6H13NO2/c11-10(12,13)7-8(14)5-3-1-2-4-6(5)16-9(7)15;1-4(2)3-5(7)6(8)9/h1-4H,14H2;4-5H,3,7H2,1-2H3,(H,8,9)/t;5-/m.0/s1. The molecule has 0 spiro atoms. The van der Waals surface area contributed by atoms with E-state index in [1.807, 2.05) is 13.8 Å². The summed E-state index contributed by atoms with van der Waals surface area (Å²) in [5, 5.41) is 8.38. The fraction of sp³-hybridized carbons (Fsp3) is 0.375. The molecule has 0 amide bonds. The van der Waals surface area contributed by atoms with Crippen molar-refractivity contribution in [3.05, 3.63) is 40.2 Å². The van der Waals surface area contributed by atoms with Crippen molar-refractivity contribution >= 4 is 22.6 Å². The van der Waals surface area contributed by atoms with Crippen molar-refractivity contribution in [2.24, 2.45) is 11.7 Å². The Morgan fingerprint density at radius 2 is 1.84 bits per heavy atom. The van der Waals surface area contributed by atoms with Gasteiger partial charge < -0.3 is 21.0 Å². The second kappa shape index (κ2) is 8.02. The number of carboxylic acids is 1. The molecule has 0 aliphatic carbocycles. The Hall–Kier alpha value is -2.55. The number of nitrogen functional groups attached to an aromatic ring is 1. The van der Waals surface area contributed by atoms with Gasteiger partial charge in [-0.3, -0.25) is 4.79 Å². The maximum Gasteiger partial charge on any atom is 0.425 e. The molecule has 0 aliphatic rings. The highest BCUT2D eigenvalue weighted by atomic mass is 19.4. The van der Waals surface area contributed by atoms with Crippen LogP contribution in [0, 0.1) is 5.92 Å². The zero-order valence-electron chi connectivity index (χ0n) is 13.6. The van der Waals surface area contributed by atoms with Crippen molar-refractivity contribution in [1.82, 2.24) is 0 Å². The van der Waals surface area contributed by atoms with Gasteiger partial charge in [-0.05, 0) is 24.5 Å². The van der Waals surface area contributed by atoms with Crippen LogP contribution in [0.5, 0.6) is 0 Å². The Morgan fingerprint density at radius 1 is 1.28 bits per heavy atom. The van der Waals surface area contributed by atoms with E-state index in [0.717, 1.165) is 0 Å². The third kappa shape index (κ3) is 5.49. The van der Waals surface area contributed by atoms with E-state index in [4.69, 9.17) is 16.6 Å². The molecule has 1 heterocycles. The Bertz CT molecular complexity index is 800. The number of para-hydroxylation sites is 1. The number of carboxylic acid groups (broad SMARTS) is 1. The number of carbonyl (C=O) groups is 1. The molecule has 0 bridgehead atoms. The average Bonchev–Trinajstić information content (AvgIpc) is 2.45. The monoisotopic (exact) mass is 360 g/mol. The topological polar surface area (TPSA) is 120 Å². The molecule has 1 aromatic carbocycles. The largest absolute Gasteiger partial charge is 0.480 e. The lowest BCUT2D eigenvalue weighted by Gasteiger charge is -2.09. The van der Waals surface area contributed by atoms with E-state index in [1.165, 1.54) is 24.3 Å². The van der Waals surface area contributed by atoms with Crippen LogP contribution in [-0.4, -0.2) is 17.1 Å². The maximum absolute atomic E-state index is 12.5. The maximum atomic E-state index is 12.5. The first-order chi connectivity index (χ1) is 11.4. The SMILES string of the molecule is CC(C)C[C@H](N)C(=O)O.Nc1c(C(F)(F)F)c(=O)oc2ccccc12. The molecule has 0 unspecified atom stereocenters. The molecular weight excluding hydrogens is 341 g/mol. The summed E-state index contributed by atoms with van der Waals surface area (Å²) in [6.45, 7) is 3.89. The van der Waals surface area contributed by atoms with E-state index in [-0.39, 0.29) is 11.0 Å². The lowest BCUT2D eigenvalue weighted by Crippen LogP contribution is -2.31. The highest BCUT2D eigenvalue weighted by molar-refractivity contribution is 5.90. The highest BCUT2D eigenvalue weighted by Gasteiger charge is 2.38. The molecule has 0 fully saturated rings. The van der Waals surface area contributed by atoms with Crippen molar-refractivity contribution in [1.29, 1.82) is 0 Å². The molecule has 138 valence electrons. The molecule has 2 aromatic rings. The van der Waals surface area contributed by atoms with Crippen LogP contribution in [0.2, 0.25) is 0 Å². The molecular formula is C16H19F3N2O4. The van der Waals surface area contributed by atoms with Gasteiger partial charge in [0.1, 0.15) is 11.6 Å². The van der Waals surface area contributed by atoms with Crippen LogP contribution in [-0.2, 0) is 11.0 Å². The van der Waals surface area contributed by atoms with E-state index in [2.05, 4.69) is 4.42 Å². The summed E-state index contributed by atoms with van der Waals surface area (Å²) in [6, 6.07) is 5.11. The Balaban J connectivity index is 0.000000299. The van der Waals surface area contributed by atoms with E-state index < -0.39 is 35.1 Å². The number of fused-ring (bicyclic) bond motifs is 1. The van der Waals surface area contributed by atoms with Crippen molar-refractivity contribution in [2.75, 3.05) is 5.73 Å². The van der Waals surface area contributed by atoms with Crippen molar-refractivity contribution < 1.29 is 27.5 Å². The summed E-state index contributed by atoms with van der Waals surface area (Å²) >= 11 is 0. The van der Waals surface area contributed by atoms with E-state index in [0.29, 0.717) is 12.3 Å². The van der Waals surface area contributed by atoms with Crippen LogP contribution >= 0.6 is 0 Å². The fourth-order valence-corrected chi connectivity index (χ4v) is 2.05. The first-order valence-electron chi connectivity index (χ1n) is 7.32. The number of nitrogens with two attached hydrogens (primary N) is 2. The second-order valence-corrected chi connectivity index (χ2v) is 5.75. The van der Waals surface area contributed by atoms with Crippen LogP contribution < -0.4 is 17.1 Å². The summed E-state index contributed by atoms with van der Waals surface area (Å²) in [4.78, 5) is 21.2. The molecule has 1 aromatic heterocycles. The number of hydrogen-bond donors (Lipinski definition) is 3. The first kappa shape index (κ1) is 20.5. The van der Waals surface area contributed by atoms with Gasteiger partial charge in [-0.25, -0.2) is 4.79 Å². The quantitative estimate of drug-likeness (QED) is 0.724. The molecule has 25 heavy (non-hydrogen) atoms. The summed E-state index contributed by atoms with van der Waals surface area (Å²) in [5.74, 6) is -0.556.